The molecule has 1 atom stereocenters. The number of methoxy groups -OCH3 is 2. The first-order valence-electron chi connectivity index (χ1n) is 7.29. The van der Waals surface area contributed by atoms with Crippen molar-refractivity contribution < 1.29 is 23.9 Å². The minimum Gasteiger partial charge on any atom is -0.465 e. The number of anilines is 1. The topological polar surface area (TPSA) is 93.7 Å². The maximum atomic E-state index is 12.3. The third-order valence-corrected chi connectivity index (χ3v) is 3.98. The van der Waals surface area contributed by atoms with Crippen molar-refractivity contribution in [3.8, 4) is 0 Å². The van der Waals surface area contributed by atoms with Gasteiger partial charge in [-0.15, -0.1) is 0 Å². The lowest BCUT2D eigenvalue weighted by atomic mass is 9.88. The molecule has 0 spiro atoms. The summed E-state index contributed by atoms with van der Waals surface area (Å²) in [5.74, 6) is -1.22. The fraction of sp³-hybridized carbons (Fsp3) is 0.438. The Hall–Kier alpha value is -2.41. The number of carbonyl (C=O) groups excluding carboxylic acids is 3. The van der Waals surface area contributed by atoms with Crippen LogP contribution in [-0.4, -0.2) is 45.2 Å². The predicted octanol–water partition coefficient (Wildman–Crippen LogP) is 1.05. The van der Waals surface area contributed by atoms with Crippen LogP contribution in [0.25, 0.3) is 0 Å². The highest BCUT2D eigenvalue weighted by atomic mass is 16.5. The monoisotopic (exact) mass is 320 g/mol. The Labute approximate surface area is 134 Å². The van der Waals surface area contributed by atoms with Gasteiger partial charge in [-0.05, 0) is 37.2 Å². The zero-order chi connectivity index (χ0) is 17.0. The molecule has 0 saturated carbocycles. The Kier molecular flexibility index (Phi) is 5.33. The average molecular weight is 320 g/mol. The molecule has 1 aliphatic rings. The number of amides is 1. The molecule has 0 bridgehead atoms. The summed E-state index contributed by atoms with van der Waals surface area (Å²) in [5.41, 5.74) is 0.699. The lowest BCUT2D eigenvalue weighted by Gasteiger charge is -2.31. The van der Waals surface area contributed by atoms with Crippen LogP contribution in [0, 0.1) is 11.8 Å². The fourth-order valence-electron chi connectivity index (χ4n) is 2.31. The molecule has 2 N–H and O–H groups in total. The van der Waals surface area contributed by atoms with Crippen LogP contribution < -0.4 is 10.6 Å². The summed E-state index contributed by atoms with van der Waals surface area (Å²) in [6, 6.07) is 4.32. The number of esters is 2. The van der Waals surface area contributed by atoms with Crippen molar-refractivity contribution in [1.29, 1.82) is 0 Å². The van der Waals surface area contributed by atoms with Crippen LogP contribution >= 0.6 is 0 Å². The number of benzene rings is 1. The van der Waals surface area contributed by atoms with Gasteiger partial charge in [0.2, 0.25) is 5.91 Å². The molecule has 1 aliphatic heterocycles. The summed E-state index contributed by atoms with van der Waals surface area (Å²) in [6.45, 7) is 3.47. The molecule has 1 fully saturated rings. The van der Waals surface area contributed by atoms with E-state index in [1.807, 2.05) is 6.92 Å². The van der Waals surface area contributed by atoms with Gasteiger partial charge in [-0.1, -0.05) is 6.92 Å². The van der Waals surface area contributed by atoms with Gasteiger partial charge in [-0.2, -0.15) is 0 Å². The highest BCUT2D eigenvalue weighted by Gasteiger charge is 2.29. The molecule has 1 amide bonds. The maximum absolute atomic E-state index is 12.3. The van der Waals surface area contributed by atoms with Gasteiger partial charge < -0.3 is 20.1 Å². The molecule has 2 rings (SSSR count). The van der Waals surface area contributed by atoms with Crippen LogP contribution in [0.15, 0.2) is 18.2 Å². The molecule has 23 heavy (non-hydrogen) atoms. The van der Waals surface area contributed by atoms with Crippen LogP contribution in [0.3, 0.4) is 0 Å². The molecule has 124 valence electrons. The van der Waals surface area contributed by atoms with Gasteiger partial charge >= 0.3 is 11.9 Å². The third-order valence-electron chi connectivity index (χ3n) is 3.98. The fourth-order valence-corrected chi connectivity index (χ4v) is 2.31. The first-order chi connectivity index (χ1) is 11.0. The lowest BCUT2D eigenvalue weighted by Crippen LogP contribution is -2.48. The van der Waals surface area contributed by atoms with Gasteiger partial charge in [0, 0.05) is 11.6 Å². The quantitative estimate of drug-likeness (QED) is 0.788. The second-order valence-electron chi connectivity index (χ2n) is 5.48. The SMILES string of the molecule is COC(=O)c1cc(NC(=O)C(C)C2CNC2)cc(C(=O)OC)c1. The molecule has 1 heterocycles. The van der Waals surface area contributed by atoms with Crippen LogP contribution in [0.5, 0.6) is 0 Å². The van der Waals surface area contributed by atoms with Crippen molar-refractivity contribution in [2.45, 2.75) is 6.92 Å². The van der Waals surface area contributed by atoms with E-state index >= 15 is 0 Å². The van der Waals surface area contributed by atoms with Crippen molar-refractivity contribution in [1.82, 2.24) is 5.32 Å². The van der Waals surface area contributed by atoms with E-state index in [2.05, 4.69) is 20.1 Å². The van der Waals surface area contributed by atoms with Crippen LogP contribution in [0.1, 0.15) is 27.6 Å². The third kappa shape index (κ3) is 3.87. The van der Waals surface area contributed by atoms with Gasteiger partial charge in [-0.25, -0.2) is 9.59 Å². The Balaban J connectivity index is 2.23. The Morgan fingerprint density at radius 1 is 1.09 bits per heavy atom. The Bertz CT molecular complexity index is 591. The van der Waals surface area contributed by atoms with E-state index in [-0.39, 0.29) is 23.0 Å². The summed E-state index contributed by atoms with van der Waals surface area (Å²) in [7, 11) is 2.49. The second-order valence-corrected chi connectivity index (χ2v) is 5.48. The largest absolute Gasteiger partial charge is 0.465 e. The molecule has 0 aromatic heterocycles. The zero-order valence-corrected chi connectivity index (χ0v) is 13.3. The van der Waals surface area contributed by atoms with Crippen molar-refractivity contribution in [3.63, 3.8) is 0 Å². The van der Waals surface area contributed by atoms with E-state index in [0.717, 1.165) is 13.1 Å². The molecular weight excluding hydrogens is 300 g/mol. The van der Waals surface area contributed by atoms with Gasteiger partial charge in [0.1, 0.15) is 0 Å². The number of rotatable bonds is 5. The first kappa shape index (κ1) is 17.0. The number of carbonyl (C=O) groups is 3. The second kappa shape index (κ2) is 7.23. The minimum atomic E-state index is -0.595. The summed E-state index contributed by atoms with van der Waals surface area (Å²) in [5, 5.41) is 5.87. The predicted molar refractivity (Wildman–Crippen MR) is 83.3 cm³/mol. The minimum absolute atomic E-state index is 0.158. The summed E-state index contributed by atoms with van der Waals surface area (Å²) in [6.07, 6.45) is 0. The van der Waals surface area contributed by atoms with Crippen molar-refractivity contribution in [3.05, 3.63) is 29.3 Å². The number of ether oxygens (including phenoxy) is 2. The standard InChI is InChI=1S/C16H20N2O5/c1-9(12-7-17-8-12)14(19)18-13-5-10(15(20)22-2)4-11(6-13)16(21)23-3/h4-6,9,12,17H,7-8H2,1-3H3,(H,18,19). The van der Waals surface area contributed by atoms with E-state index in [4.69, 9.17) is 0 Å². The van der Waals surface area contributed by atoms with E-state index in [1.165, 1.54) is 32.4 Å². The van der Waals surface area contributed by atoms with Gasteiger partial charge in [0.25, 0.3) is 0 Å². The van der Waals surface area contributed by atoms with Crippen LogP contribution in [0.2, 0.25) is 0 Å². The van der Waals surface area contributed by atoms with Crippen molar-refractivity contribution in [2.75, 3.05) is 32.6 Å². The molecule has 1 aromatic rings. The van der Waals surface area contributed by atoms with E-state index in [1.54, 1.807) is 0 Å². The molecule has 7 nitrogen and oxygen atoms in total. The number of hydrogen-bond donors (Lipinski definition) is 2. The lowest BCUT2D eigenvalue weighted by molar-refractivity contribution is -0.121. The number of hydrogen-bond acceptors (Lipinski definition) is 6. The summed E-state index contributed by atoms with van der Waals surface area (Å²) < 4.78 is 9.33. The Morgan fingerprint density at radius 2 is 1.61 bits per heavy atom. The Morgan fingerprint density at radius 3 is 2.00 bits per heavy atom. The highest BCUT2D eigenvalue weighted by molar-refractivity contribution is 5.99. The van der Waals surface area contributed by atoms with Crippen LogP contribution in [0.4, 0.5) is 5.69 Å². The van der Waals surface area contributed by atoms with Crippen molar-refractivity contribution >= 4 is 23.5 Å². The first-order valence-corrected chi connectivity index (χ1v) is 7.29. The molecule has 0 radical (unpaired) electrons. The molecular formula is C16H20N2O5. The van der Waals surface area contributed by atoms with E-state index in [9.17, 15) is 14.4 Å². The molecule has 7 heteroatoms. The number of nitrogens with one attached hydrogen (secondary N) is 2. The van der Waals surface area contributed by atoms with E-state index < -0.39 is 11.9 Å². The zero-order valence-electron chi connectivity index (χ0n) is 13.3. The van der Waals surface area contributed by atoms with E-state index in [0.29, 0.717) is 11.6 Å². The average Bonchev–Trinajstić information content (AvgIpc) is 2.51. The molecule has 1 unspecified atom stereocenters. The van der Waals surface area contributed by atoms with Gasteiger partial charge in [0.15, 0.2) is 0 Å². The van der Waals surface area contributed by atoms with Gasteiger partial charge in [-0.3, -0.25) is 4.79 Å². The molecule has 1 aromatic carbocycles. The van der Waals surface area contributed by atoms with Gasteiger partial charge in [0.05, 0.1) is 25.3 Å². The smallest absolute Gasteiger partial charge is 0.337 e. The highest BCUT2D eigenvalue weighted by Crippen LogP contribution is 2.21. The molecule has 1 saturated heterocycles. The summed E-state index contributed by atoms with van der Waals surface area (Å²) in [4.78, 5) is 35.7. The normalized spacial score (nSPS) is 15.3. The van der Waals surface area contributed by atoms with Crippen LogP contribution in [-0.2, 0) is 14.3 Å². The molecule has 0 aliphatic carbocycles. The van der Waals surface area contributed by atoms with Crippen molar-refractivity contribution in [2.24, 2.45) is 11.8 Å². The maximum Gasteiger partial charge on any atom is 0.337 e. The summed E-state index contributed by atoms with van der Waals surface area (Å²) >= 11 is 0.